The number of aryl methyl sites for hydroxylation is 1. The molecule has 0 fully saturated rings. The molecule has 3 rings (SSSR count). The summed E-state index contributed by atoms with van der Waals surface area (Å²) in [6.45, 7) is 2.41. The van der Waals surface area contributed by atoms with Gasteiger partial charge in [0.25, 0.3) is 0 Å². The molecular formula is C21H22N2O4S. The number of carbonyl (C=O) groups is 1. The van der Waals surface area contributed by atoms with E-state index in [0.29, 0.717) is 29.5 Å². The number of nitrogens with zero attached hydrogens (tertiary/aromatic N) is 1. The van der Waals surface area contributed by atoms with Crippen molar-refractivity contribution < 1.29 is 19.0 Å². The minimum Gasteiger partial charge on any atom is -0.493 e. The molecule has 0 spiro atoms. The third-order valence-corrected chi connectivity index (χ3v) is 4.86. The number of anilines is 1. The SMILES string of the molecule is COc1ccc(NC(=O)Cc2csc(COc3ccc(C)cc3)n2)cc1OC. The lowest BCUT2D eigenvalue weighted by Crippen LogP contribution is -2.14. The van der Waals surface area contributed by atoms with E-state index in [4.69, 9.17) is 14.2 Å². The summed E-state index contributed by atoms with van der Waals surface area (Å²) in [7, 11) is 3.12. The number of hydrogen-bond acceptors (Lipinski definition) is 6. The molecule has 1 N–H and O–H groups in total. The van der Waals surface area contributed by atoms with Gasteiger partial charge in [0.1, 0.15) is 17.4 Å². The number of nitrogens with one attached hydrogen (secondary N) is 1. The molecule has 0 aliphatic heterocycles. The van der Waals surface area contributed by atoms with Crippen LogP contribution in [-0.4, -0.2) is 25.1 Å². The molecule has 1 aromatic heterocycles. The fourth-order valence-corrected chi connectivity index (χ4v) is 3.26. The zero-order valence-electron chi connectivity index (χ0n) is 16.0. The van der Waals surface area contributed by atoms with Gasteiger partial charge in [-0.05, 0) is 31.2 Å². The third kappa shape index (κ3) is 5.23. The van der Waals surface area contributed by atoms with Crippen LogP contribution in [0.4, 0.5) is 5.69 Å². The van der Waals surface area contributed by atoms with E-state index in [-0.39, 0.29) is 12.3 Å². The summed E-state index contributed by atoms with van der Waals surface area (Å²) in [4.78, 5) is 16.8. The summed E-state index contributed by atoms with van der Waals surface area (Å²) in [5.41, 5.74) is 2.54. The molecule has 0 bridgehead atoms. The van der Waals surface area contributed by atoms with Crippen molar-refractivity contribution in [1.82, 2.24) is 4.98 Å². The molecule has 2 aromatic carbocycles. The van der Waals surface area contributed by atoms with Gasteiger partial charge in [-0.25, -0.2) is 4.98 Å². The highest BCUT2D eigenvalue weighted by Gasteiger charge is 2.11. The summed E-state index contributed by atoms with van der Waals surface area (Å²) in [6, 6.07) is 13.1. The Hall–Kier alpha value is -3.06. The van der Waals surface area contributed by atoms with E-state index in [9.17, 15) is 4.79 Å². The molecule has 28 heavy (non-hydrogen) atoms. The van der Waals surface area contributed by atoms with Crippen LogP contribution in [0, 0.1) is 6.92 Å². The maximum atomic E-state index is 12.3. The third-order valence-electron chi connectivity index (χ3n) is 3.99. The summed E-state index contributed by atoms with van der Waals surface area (Å²) < 4.78 is 16.2. The van der Waals surface area contributed by atoms with E-state index in [1.54, 1.807) is 32.4 Å². The van der Waals surface area contributed by atoms with Crippen LogP contribution in [0.15, 0.2) is 47.8 Å². The van der Waals surface area contributed by atoms with Gasteiger partial charge in [-0.2, -0.15) is 0 Å². The quantitative estimate of drug-likeness (QED) is 0.615. The first-order valence-corrected chi connectivity index (χ1v) is 9.60. The second-order valence-corrected chi connectivity index (χ2v) is 7.07. The number of rotatable bonds is 8. The van der Waals surface area contributed by atoms with E-state index in [2.05, 4.69) is 10.3 Å². The highest BCUT2D eigenvalue weighted by molar-refractivity contribution is 7.09. The maximum Gasteiger partial charge on any atom is 0.230 e. The van der Waals surface area contributed by atoms with Gasteiger partial charge in [-0.15, -0.1) is 11.3 Å². The van der Waals surface area contributed by atoms with Gasteiger partial charge in [0.2, 0.25) is 5.91 Å². The van der Waals surface area contributed by atoms with Crippen molar-refractivity contribution in [2.75, 3.05) is 19.5 Å². The predicted octanol–water partition coefficient (Wildman–Crippen LogP) is 4.23. The van der Waals surface area contributed by atoms with Crippen molar-refractivity contribution in [3.05, 3.63) is 64.1 Å². The van der Waals surface area contributed by atoms with E-state index in [0.717, 1.165) is 10.8 Å². The van der Waals surface area contributed by atoms with E-state index >= 15 is 0 Å². The fraction of sp³-hybridized carbons (Fsp3) is 0.238. The van der Waals surface area contributed by atoms with Crippen LogP contribution < -0.4 is 19.5 Å². The summed E-state index contributed by atoms with van der Waals surface area (Å²) in [6.07, 6.45) is 0.190. The predicted molar refractivity (Wildman–Crippen MR) is 110 cm³/mol. The Morgan fingerprint density at radius 3 is 2.54 bits per heavy atom. The lowest BCUT2D eigenvalue weighted by Gasteiger charge is -2.10. The van der Waals surface area contributed by atoms with Gasteiger partial charge < -0.3 is 19.5 Å². The monoisotopic (exact) mass is 398 g/mol. The van der Waals surface area contributed by atoms with E-state index in [1.165, 1.54) is 16.9 Å². The number of amides is 1. The smallest absolute Gasteiger partial charge is 0.230 e. The molecule has 6 nitrogen and oxygen atoms in total. The van der Waals surface area contributed by atoms with Crippen LogP contribution in [-0.2, 0) is 17.8 Å². The minimum absolute atomic E-state index is 0.150. The first-order valence-electron chi connectivity index (χ1n) is 8.72. The first-order chi connectivity index (χ1) is 13.6. The first kappa shape index (κ1) is 19.7. The van der Waals surface area contributed by atoms with Crippen molar-refractivity contribution in [3.63, 3.8) is 0 Å². The van der Waals surface area contributed by atoms with Crippen molar-refractivity contribution >= 4 is 22.9 Å². The van der Waals surface area contributed by atoms with Crippen LogP contribution in [0.3, 0.4) is 0 Å². The molecule has 3 aromatic rings. The number of hydrogen-bond donors (Lipinski definition) is 1. The number of carbonyl (C=O) groups excluding carboxylic acids is 1. The van der Waals surface area contributed by atoms with Crippen LogP contribution >= 0.6 is 11.3 Å². The average Bonchev–Trinajstić information content (AvgIpc) is 3.14. The number of ether oxygens (including phenoxy) is 3. The van der Waals surface area contributed by atoms with Crippen LogP contribution in [0.1, 0.15) is 16.3 Å². The largest absolute Gasteiger partial charge is 0.493 e. The van der Waals surface area contributed by atoms with E-state index in [1.807, 2.05) is 36.6 Å². The van der Waals surface area contributed by atoms with Gasteiger partial charge in [-0.1, -0.05) is 17.7 Å². The summed E-state index contributed by atoms with van der Waals surface area (Å²) in [5, 5.41) is 5.55. The van der Waals surface area contributed by atoms with Gasteiger partial charge in [0.05, 0.1) is 26.3 Å². The molecule has 0 unspecified atom stereocenters. The summed E-state index contributed by atoms with van der Waals surface area (Å²) in [5.74, 6) is 1.82. The standard InChI is InChI=1S/C21H22N2O4S/c1-14-4-7-17(8-5-14)27-12-21-23-16(13-28-21)11-20(24)22-15-6-9-18(25-2)19(10-15)26-3/h4-10,13H,11-12H2,1-3H3,(H,22,24). The molecule has 1 heterocycles. The molecule has 1 amide bonds. The molecule has 0 saturated heterocycles. The molecule has 0 atom stereocenters. The van der Waals surface area contributed by atoms with Crippen molar-refractivity contribution in [1.29, 1.82) is 0 Å². The second kappa shape index (κ2) is 9.23. The lowest BCUT2D eigenvalue weighted by atomic mass is 10.2. The van der Waals surface area contributed by atoms with Gasteiger partial charge >= 0.3 is 0 Å². The highest BCUT2D eigenvalue weighted by Crippen LogP contribution is 2.29. The zero-order valence-corrected chi connectivity index (χ0v) is 16.8. The van der Waals surface area contributed by atoms with Crippen LogP contribution in [0.25, 0.3) is 0 Å². The number of benzene rings is 2. The molecule has 0 aliphatic rings. The molecule has 146 valence electrons. The second-order valence-electron chi connectivity index (χ2n) is 6.13. The van der Waals surface area contributed by atoms with Gasteiger partial charge in [-0.3, -0.25) is 4.79 Å². The summed E-state index contributed by atoms with van der Waals surface area (Å²) >= 11 is 1.48. The lowest BCUT2D eigenvalue weighted by molar-refractivity contribution is -0.115. The Balaban J connectivity index is 1.54. The van der Waals surface area contributed by atoms with Crippen LogP contribution in [0.5, 0.6) is 17.2 Å². The molecule has 7 heteroatoms. The van der Waals surface area contributed by atoms with Crippen LogP contribution in [0.2, 0.25) is 0 Å². The zero-order chi connectivity index (χ0) is 19.9. The Labute approximate surface area is 168 Å². The fourth-order valence-electron chi connectivity index (χ4n) is 2.56. The Morgan fingerprint density at radius 1 is 1.07 bits per heavy atom. The van der Waals surface area contributed by atoms with Gasteiger partial charge in [0.15, 0.2) is 11.5 Å². The highest BCUT2D eigenvalue weighted by atomic mass is 32.1. The average molecular weight is 398 g/mol. The molecule has 0 radical (unpaired) electrons. The maximum absolute atomic E-state index is 12.3. The Kier molecular flexibility index (Phi) is 6.49. The topological polar surface area (TPSA) is 69.7 Å². The normalized spacial score (nSPS) is 10.4. The number of methoxy groups -OCH3 is 2. The Bertz CT molecular complexity index is 938. The number of thiazole rings is 1. The molecular weight excluding hydrogens is 376 g/mol. The minimum atomic E-state index is -0.150. The van der Waals surface area contributed by atoms with Crippen molar-refractivity contribution in [3.8, 4) is 17.2 Å². The van der Waals surface area contributed by atoms with Crippen molar-refractivity contribution in [2.24, 2.45) is 0 Å². The van der Waals surface area contributed by atoms with Gasteiger partial charge in [0, 0.05) is 17.1 Å². The molecule has 0 aliphatic carbocycles. The Morgan fingerprint density at radius 2 is 1.82 bits per heavy atom. The van der Waals surface area contributed by atoms with E-state index < -0.39 is 0 Å². The number of aromatic nitrogens is 1. The molecule has 0 saturated carbocycles. The van der Waals surface area contributed by atoms with Crippen molar-refractivity contribution in [2.45, 2.75) is 20.0 Å².